The van der Waals surface area contributed by atoms with Crippen molar-refractivity contribution in [1.29, 1.82) is 0 Å². The molecule has 4 atom stereocenters. The Kier molecular flexibility index (Phi) is 1.64. The van der Waals surface area contributed by atoms with Crippen LogP contribution in [0, 0.1) is 23.7 Å². The van der Waals surface area contributed by atoms with Crippen molar-refractivity contribution in [3.05, 3.63) is 24.3 Å². The van der Waals surface area contributed by atoms with E-state index in [1.54, 1.807) is 0 Å². The molecule has 1 heterocycles. The standard InChI is InChI=1S/C16H18O2/c1-2-4-15-14(3-1)17-16(18-15)8-12-10-5-6-11(7-10)13(12)9-16/h1-4,10-13H,5-9H2. The van der Waals surface area contributed by atoms with Gasteiger partial charge in [-0.1, -0.05) is 12.1 Å². The zero-order valence-corrected chi connectivity index (χ0v) is 10.5. The second-order valence-corrected chi connectivity index (χ2v) is 6.63. The third-order valence-corrected chi connectivity index (χ3v) is 5.81. The van der Waals surface area contributed by atoms with Crippen LogP contribution >= 0.6 is 0 Å². The molecule has 0 aromatic heterocycles. The lowest BCUT2D eigenvalue weighted by Gasteiger charge is -2.24. The van der Waals surface area contributed by atoms with Crippen molar-refractivity contribution in [2.45, 2.75) is 37.9 Å². The van der Waals surface area contributed by atoms with E-state index >= 15 is 0 Å². The van der Waals surface area contributed by atoms with E-state index in [-0.39, 0.29) is 5.79 Å². The topological polar surface area (TPSA) is 18.5 Å². The summed E-state index contributed by atoms with van der Waals surface area (Å²) in [6, 6.07) is 8.13. The molecular weight excluding hydrogens is 224 g/mol. The summed E-state index contributed by atoms with van der Waals surface area (Å²) in [5, 5.41) is 0. The van der Waals surface area contributed by atoms with Crippen LogP contribution in [0.15, 0.2) is 24.3 Å². The molecule has 94 valence electrons. The summed E-state index contributed by atoms with van der Waals surface area (Å²) in [4.78, 5) is 0. The molecule has 2 heteroatoms. The first-order valence-electron chi connectivity index (χ1n) is 7.30. The number of rotatable bonds is 0. The van der Waals surface area contributed by atoms with E-state index in [1.807, 2.05) is 24.3 Å². The predicted molar refractivity (Wildman–Crippen MR) is 67.5 cm³/mol. The van der Waals surface area contributed by atoms with Gasteiger partial charge in [-0.2, -0.15) is 0 Å². The Morgan fingerprint density at radius 1 is 0.889 bits per heavy atom. The van der Waals surface area contributed by atoms with Gasteiger partial charge in [0.05, 0.1) is 0 Å². The van der Waals surface area contributed by atoms with Crippen LogP contribution in [0.1, 0.15) is 32.1 Å². The molecule has 2 nitrogen and oxygen atoms in total. The Hall–Kier alpha value is -1.18. The number of hydrogen-bond acceptors (Lipinski definition) is 2. The number of benzene rings is 1. The molecular formula is C16H18O2. The summed E-state index contributed by atoms with van der Waals surface area (Å²) in [6.07, 6.45) is 6.63. The average Bonchev–Trinajstić information content (AvgIpc) is 3.08. The lowest BCUT2D eigenvalue weighted by molar-refractivity contribution is -0.0802. The molecule has 3 aliphatic carbocycles. The largest absolute Gasteiger partial charge is 0.448 e. The molecule has 4 aliphatic rings. The zero-order chi connectivity index (χ0) is 11.7. The van der Waals surface area contributed by atoms with Crippen molar-refractivity contribution in [3.63, 3.8) is 0 Å². The smallest absolute Gasteiger partial charge is 0.252 e. The Morgan fingerprint density at radius 2 is 1.44 bits per heavy atom. The van der Waals surface area contributed by atoms with Crippen LogP contribution in [-0.4, -0.2) is 5.79 Å². The maximum absolute atomic E-state index is 6.19. The van der Waals surface area contributed by atoms with Crippen molar-refractivity contribution in [1.82, 2.24) is 0 Å². The second-order valence-electron chi connectivity index (χ2n) is 6.63. The maximum atomic E-state index is 6.19. The van der Waals surface area contributed by atoms with Crippen LogP contribution in [-0.2, 0) is 0 Å². The molecule has 4 unspecified atom stereocenters. The van der Waals surface area contributed by atoms with Gasteiger partial charge in [0.2, 0.25) is 0 Å². The Labute approximate surface area is 107 Å². The summed E-state index contributed by atoms with van der Waals surface area (Å²) in [7, 11) is 0. The predicted octanol–water partition coefficient (Wildman–Crippen LogP) is 3.61. The number of para-hydroxylation sites is 2. The molecule has 0 N–H and O–H groups in total. The first-order valence-corrected chi connectivity index (χ1v) is 7.30. The van der Waals surface area contributed by atoms with Gasteiger partial charge in [0, 0.05) is 12.8 Å². The van der Waals surface area contributed by atoms with Crippen LogP contribution < -0.4 is 9.47 Å². The monoisotopic (exact) mass is 242 g/mol. The molecule has 1 spiro atoms. The van der Waals surface area contributed by atoms with E-state index in [2.05, 4.69) is 0 Å². The first-order chi connectivity index (χ1) is 8.83. The van der Waals surface area contributed by atoms with E-state index in [0.717, 1.165) is 48.0 Å². The van der Waals surface area contributed by atoms with Gasteiger partial charge in [-0.15, -0.1) is 0 Å². The van der Waals surface area contributed by atoms with Crippen LogP contribution in [0.2, 0.25) is 0 Å². The lowest BCUT2D eigenvalue weighted by Crippen LogP contribution is -2.36. The van der Waals surface area contributed by atoms with Crippen LogP contribution in [0.4, 0.5) is 0 Å². The molecule has 1 aromatic carbocycles. The quantitative estimate of drug-likeness (QED) is 0.692. The van der Waals surface area contributed by atoms with Gasteiger partial charge in [0.25, 0.3) is 5.79 Å². The van der Waals surface area contributed by atoms with E-state index in [9.17, 15) is 0 Å². The van der Waals surface area contributed by atoms with Gasteiger partial charge in [-0.3, -0.25) is 0 Å². The molecule has 18 heavy (non-hydrogen) atoms. The highest BCUT2D eigenvalue weighted by molar-refractivity contribution is 5.43. The fourth-order valence-corrected chi connectivity index (χ4v) is 5.17. The minimum atomic E-state index is -0.305. The van der Waals surface area contributed by atoms with Crippen LogP contribution in [0.5, 0.6) is 11.5 Å². The molecule has 0 radical (unpaired) electrons. The van der Waals surface area contributed by atoms with Gasteiger partial charge in [-0.05, 0) is 55.1 Å². The molecule has 3 saturated carbocycles. The van der Waals surface area contributed by atoms with E-state index in [0.29, 0.717) is 0 Å². The second kappa shape index (κ2) is 3.04. The van der Waals surface area contributed by atoms with Crippen molar-refractivity contribution in [2.24, 2.45) is 23.7 Å². The highest BCUT2D eigenvalue weighted by Crippen LogP contribution is 2.63. The Bertz CT molecular complexity index is 465. The van der Waals surface area contributed by atoms with E-state index in [1.165, 1.54) is 19.3 Å². The molecule has 1 aromatic rings. The summed E-state index contributed by atoms with van der Waals surface area (Å²) in [5.74, 6) is 5.27. The Morgan fingerprint density at radius 3 is 2.00 bits per heavy atom. The van der Waals surface area contributed by atoms with Crippen molar-refractivity contribution < 1.29 is 9.47 Å². The molecule has 0 amide bonds. The Balaban J connectivity index is 1.48. The van der Waals surface area contributed by atoms with Gasteiger partial charge in [-0.25, -0.2) is 0 Å². The number of ether oxygens (including phenoxy) is 2. The van der Waals surface area contributed by atoms with Gasteiger partial charge >= 0.3 is 0 Å². The van der Waals surface area contributed by atoms with Crippen molar-refractivity contribution in [3.8, 4) is 11.5 Å². The fourth-order valence-electron chi connectivity index (χ4n) is 5.17. The normalized spacial score (nSPS) is 41.6. The van der Waals surface area contributed by atoms with Crippen molar-refractivity contribution >= 4 is 0 Å². The summed E-state index contributed by atoms with van der Waals surface area (Å²) in [5.41, 5.74) is 0. The average molecular weight is 242 g/mol. The minimum absolute atomic E-state index is 0.305. The molecule has 2 bridgehead atoms. The highest BCUT2D eigenvalue weighted by Gasteiger charge is 2.60. The highest BCUT2D eigenvalue weighted by atomic mass is 16.7. The maximum Gasteiger partial charge on any atom is 0.252 e. The number of hydrogen-bond donors (Lipinski definition) is 0. The van der Waals surface area contributed by atoms with E-state index < -0.39 is 0 Å². The van der Waals surface area contributed by atoms with Gasteiger partial charge < -0.3 is 9.47 Å². The van der Waals surface area contributed by atoms with Crippen LogP contribution in [0.25, 0.3) is 0 Å². The van der Waals surface area contributed by atoms with Gasteiger partial charge in [0.1, 0.15) is 0 Å². The van der Waals surface area contributed by atoms with Crippen molar-refractivity contribution in [2.75, 3.05) is 0 Å². The minimum Gasteiger partial charge on any atom is -0.448 e. The summed E-state index contributed by atoms with van der Waals surface area (Å²) >= 11 is 0. The SMILES string of the molecule is c1ccc2c(c1)OC1(CC3C4CCC(C4)C3C1)O2. The third-order valence-electron chi connectivity index (χ3n) is 5.81. The van der Waals surface area contributed by atoms with Gasteiger partial charge in [0.15, 0.2) is 11.5 Å². The molecule has 0 saturated heterocycles. The fraction of sp³-hybridized carbons (Fsp3) is 0.625. The van der Waals surface area contributed by atoms with Crippen LogP contribution in [0.3, 0.4) is 0 Å². The zero-order valence-electron chi connectivity index (χ0n) is 10.5. The van der Waals surface area contributed by atoms with E-state index in [4.69, 9.17) is 9.47 Å². The number of fused-ring (bicyclic) bond motifs is 6. The first kappa shape index (κ1) is 9.71. The molecule has 5 rings (SSSR count). The molecule has 1 aliphatic heterocycles. The third kappa shape index (κ3) is 1.10. The lowest BCUT2D eigenvalue weighted by atomic mass is 9.82. The summed E-state index contributed by atoms with van der Waals surface area (Å²) in [6.45, 7) is 0. The summed E-state index contributed by atoms with van der Waals surface area (Å²) < 4.78 is 12.4. The molecule has 3 fully saturated rings.